The van der Waals surface area contributed by atoms with Crippen molar-refractivity contribution in [2.45, 2.75) is 82.0 Å². The van der Waals surface area contributed by atoms with Crippen molar-refractivity contribution in [3.63, 3.8) is 0 Å². The van der Waals surface area contributed by atoms with E-state index in [2.05, 4.69) is 14.6 Å². The number of fused-ring (bicyclic) bond motifs is 1. The highest BCUT2D eigenvalue weighted by Crippen LogP contribution is 2.42. The third-order valence-electron chi connectivity index (χ3n) is 8.97. The Bertz CT molecular complexity index is 2250. The van der Waals surface area contributed by atoms with Crippen LogP contribution in [-0.2, 0) is 29.0 Å². The molecular formula is C39H43F3N4O10S. The topological polar surface area (TPSA) is 177 Å². The third-order valence-corrected chi connectivity index (χ3v) is 11.2. The monoisotopic (exact) mass is 816 g/mol. The van der Waals surface area contributed by atoms with E-state index in [4.69, 9.17) is 19.9 Å². The number of aromatic nitrogens is 1. The first kappa shape index (κ1) is 42.4. The number of anilines is 2. The molecule has 3 aromatic carbocycles. The summed E-state index contributed by atoms with van der Waals surface area (Å²) in [5.74, 6) is -1.98. The number of hydroxylamine groups is 1. The highest BCUT2D eigenvalue weighted by molar-refractivity contribution is 7.92. The number of sulfone groups is 1. The zero-order chi connectivity index (χ0) is 41.8. The molecule has 1 aliphatic rings. The molecule has 0 spiro atoms. The molecule has 2 amide bonds. The molecule has 0 radical (unpaired) electrons. The van der Waals surface area contributed by atoms with Crippen LogP contribution >= 0.6 is 0 Å². The average molecular weight is 817 g/mol. The number of ether oxygens (including phenoxy) is 4. The van der Waals surface area contributed by atoms with Crippen LogP contribution in [0.5, 0.6) is 17.2 Å². The van der Waals surface area contributed by atoms with Crippen molar-refractivity contribution in [2.24, 2.45) is 0 Å². The van der Waals surface area contributed by atoms with Gasteiger partial charge in [0.25, 0.3) is 5.91 Å². The van der Waals surface area contributed by atoms with Gasteiger partial charge in [-0.25, -0.2) is 23.0 Å². The molecule has 1 aromatic heterocycles. The number of methoxy groups -OCH3 is 1. The molecule has 2 N–H and O–H groups in total. The van der Waals surface area contributed by atoms with Gasteiger partial charge in [0.1, 0.15) is 11.6 Å². The van der Waals surface area contributed by atoms with Gasteiger partial charge in [-0.15, -0.1) is 5.06 Å². The summed E-state index contributed by atoms with van der Waals surface area (Å²) in [5.41, 5.74) is 5.93. The summed E-state index contributed by atoms with van der Waals surface area (Å²) in [6.45, 7) is 8.76. The summed E-state index contributed by atoms with van der Waals surface area (Å²) in [5, 5.41) is 0.338. The van der Waals surface area contributed by atoms with E-state index in [-0.39, 0.29) is 46.9 Å². The molecule has 14 nitrogen and oxygen atoms in total. The maximum absolute atomic E-state index is 15.0. The van der Waals surface area contributed by atoms with Crippen molar-refractivity contribution >= 4 is 50.1 Å². The lowest BCUT2D eigenvalue weighted by molar-refractivity contribution is -0.200. The Kier molecular flexibility index (Phi) is 12.7. The second kappa shape index (κ2) is 17.2. The second-order valence-electron chi connectivity index (χ2n) is 13.5. The first-order valence-electron chi connectivity index (χ1n) is 18.0. The fourth-order valence-corrected chi connectivity index (χ4v) is 7.60. The number of hydrogen-bond donors (Lipinski definition) is 1. The molecule has 5 rings (SSSR count). The van der Waals surface area contributed by atoms with E-state index in [0.717, 1.165) is 25.3 Å². The summed E-state index contributed by atoms with van der Waals surface area (Å²) < 4.78 is 90.3. The number of amides is 2. The van der Waals surface area contributed by atoms with Gasteiger partial charge in [0.05, 0.1) is 41.7 Å². The Morgan fingerprint density at radius 3 is 2.37 bits per heavy atom. The number of pyridine rings is 1. The summed E-state index contributed by atoms with van der Waals surface area (Å²) >= 11 is 0. The lowest BCUT2D eigenvalue weighted by atomic mass is 10.0. The Balaban J connectivity index is 1.65. The minimum absolute atomic E-state index is 0.0316. The number of benzene rings is 3. The number of alkyl halides is 3. The molecule has 1 saturated heterocycles. The number of nitrogen functional groups attached to an aromatic ring is 1. The fourth-order valence-electron chi connectivity index (χ4n) is 6.31. The van der Waals surface area contributed by atoms with Gasteiger partial charge in [-0.05, 0) is 113 Å². The number of rotatable bonds is 12. The lowest BCUT2D eigenvalue weighted by Crippen LogP contribution is -2.39. The van der Waals surface area contributed by atoms with Crippen molar-refractivity contribution < 1.29 is 59.8 Å². The molecule has 0 aliphatic carbocycles. The number of carbonyl (C=O) groups excluding carboxylic acids is 3. The van der Waals surface area contributed by atoms with E-state index in [0.29, 0.717) is 40.1 Å². The van der Waals surface area contributed by atoms with E-state index in [9.17, 15) is 36.0 Å². The van der Waals surface area contributed by atoms with Crippen LogP contribution in [0.25, 0.3) is 10.8 Å². The number of carbonyl (C=O) groups is 3. The van der Waals surface area contributed by atoms with Crippen LogP contribution in [0.15, 0.2) is 71.8 Å². The van der Waals surface area contributed by atoms with Crippen LogP contribution in [0.1, 0.15) is 70.7 Å². The molecule has 306 valence electrons. The number of nitrogens with zero attached hydrogens (tertiary/aromatic N) is 3. The second-order valence-corrected chi connectivity index (χ2v) is 16.0. The summed E-state index contributed by atoms with van der Waals surface area (Å²) in [6.07, 6.45) is -6.44. The van der Waals surface area contributed by atoms with Crippen molar-refractivity contribution in [1.82, 2.24) is 9.88 Å². The van der Waals surface area contributed by atoms with Crippen LogP contribution in [0.4, 0.5) is 29.5 Å². The smallest absolute Gasteiger partial charge is 0.490 e. The molecule has 1 aliphatic heterocycles. The van der Waals surface area contributed by atoms with Gasteiger partial charge in [-0.2, -0.15) is 13.2 Å². The standard InChI is InChI=1S/C39H43F3N4O10S/c1-7-53-32-20-25(10-14-31(32)54-22(2)3)34(55-27-12-13-28-24(19-27)16-17-44-35(28)43)36(47)45-18-8-9-30(45)29-21-26(11-15-33(29)57(50,51)23(4)5)46(38(49)52-6)56-37(48)39(40,41)42/h10-17,19-23,30,34H,7-9,18H2,1-6H3,(H2,43,44)/t30-,34-/m1/s1. The minimum atomic E-state index is -5.49. The zero-order valence-corrected chi connectivity index (χ0v) is 32.8. The average Bonchev–Trinajstić information content (AvgIpc) is 3.65. The van der Waals surface area contributed by atoms with Gasteiger partial charge < -0.3 is 34.4 Å². The van der Waals surface area contributed by atoms with Gasteiger partial charge in [0, 0.05) is 23.7 Å². The molecule has 18 heteroatoms. The highest BCUT2D eigenvalue weighted by Gasteiger charge is 2.45. The molecule has 1 fully saturated rings. The molecule has 2 heterocycles. The Morgan fingerprint density at radius 1 is 0.982 bits per heavy atom. The Labute approximate surface area is 327 Å². The predicted molar refractivity (Wildman–Crippen MR) is 202 cm³/mol. The third kappa shape index (κ3) is 9.27. The minimum Gasteiger partial charge on any atom is -0.490 e. The van der Waals surface area contributed by atoms with Crippen LogP contribution < -0.4 is 25.0 Å². The number of likely N-dealkylation sites (tertiary alicyclic amines) is 1. The zero-order valence-electron chi connectivity index (χ0n) is 32.0. The molecular weight excluding hydrogens is 774 g/mol. The van der Waals surface area contributed by atoms with Gasteiger partial charge >= 0.3 is 18.2 Å². The maximum atomic E-state index is 15.0. The first-order chi connectivity index (χ1) is 26.9. The Morgan fingerprint density at radius 2 is 1.72 bits per heavy atom. The normalized spacial score (nSPS) is 15.1. The molecule has 0 unspecified atom stereocenters. The number of halogens is 3. The Hall–Kier alpha value is -5.78. The van der Waals surface area contributed by atoms with Crippen molar-refractivity contribution in [3.05, 3.63) is 78.0 Å². The first-order valence-corrected chi connectivity index (χ1v) is 19.5. The van der Waals surface area contributed by atoms with Crippen LogP contribution in [0, 0.1) is 0 Å². The van der Waals surface area contributed by atoms with E-state index >= 15 is 0 Å². The van der Waals surface area contributed by atoms with Gasteiger partial charge in [-0.3, -0.25) is 4.79 Å². The van der Waals surface area contributed by atoms with Crippen molar-refractivity contribution in [3.8, 4) is 17.2 Å². The van der Waals surface area contributed by atoms with Crippen molar-refractivity contribution in [2.75, 3.05) is 31.1 Å². The van der Waals surface area contributed by atoms with Crippen LogP contribution in [0.3, 0.4) is 0 Å². The SMILES string of the molecule is CCOc1cc([C@@H](Oc2ccc3c(N)nccc3c2)C(=O)N2CCC[C@@H]2c2cc(N(OC(=O)C(F)(F)F)C(=O)OC)ccc2S(=O)(=O)C(C)C)ccc1OC(C)C. The quantitative estimate of drug-likeness (QED) is 0.142. The number of hydrogen-bond acceptors (Lipinski definition) is 12. The molecule has 57 heavy (non-hydrogen) atoms. The fraction of sp³-hybridized carbons (Fsp3) is 0.385. The summed E-state index contributed by atoms with van der Waals surface area (Å²) in [7, 11) is -3.26. The predicted octanol–water partition coefficient (Wildman–Crippen LogP) is 7.26. The molecule has 4 aromatic rings. The van der Waals surface area contributed by atoms with E-state index in [1.807, 2.05) is 13.8 Å². The van der Waals surface area contributed by atoms with E-state index in [1.54, 1.807) is 49.4 Å². The number of nitrogens with two attached hydrogens (primary N) is 1. The largest absolute Gasteiger partial charge is 0.493 e. The van der Waals surface area contributed by atoms with Crippen LogP contribution in [-0.4, -0.2) is 74.1 Å². The van der Waals surface area contributed by atoms with Crippen molar-refractivity contribution in [1.29, 1.82) is 0 Å². The van der Waals surface area contributed by atoms with Crippen LogP contribution in [0.2, 0.25) is 0 Å². The summed E-state index contributed by atoms with van der Waals surface area (Å²) in [4.78, 5) is 49.2. The van der Waals surface area contributed by atoms with Gasteiger partial charge in [-0.1, -0.05) is 6.07 Å². The lowest BCUT2D eigenvalue weighted by Gasteiger charge is -2.31. The molecule has 0 saturated carbocycles. The van der Waals surface area contributed by atoms with Gasteiger partial charge in [0.2, 0.25) is 6.10 Å². The highest BCUT2D eigenvalue weighted by atomic mass is 32.2. The van der Waals surface area contributed by atoms with E-state index in [1.165, 1.54) is 24.9 Å². The maximum Gasteiger partial charge on any atom is 0.493 e. The van der Waals surface area contributed by atoms with Gasteiger partial charge in [0.15, 0.2) is 21.3 Å². The summed E-state index contributed by atoms with van der Waals surface area (Å²) in [6, 6.07) is 13.8. The van der Waals surface area contributed by atoms with E-state index < -0.39 is 57.1 Å². The molecule has 0 bridgehead atoms. The molecule has 2 atom stereocenters.